The molecule has 0 aliphatic carbocycles. The zero-order valence-electron chi connectivity index (χ0n) is 8.97. The van der Waals surface area contributed by atoms with Gasteiger partial charge in [0.2, 0.25) is 0 Å². The minimum atomic E-state index is 0.706. The Kier molecular flexibility index (Phi) is 4.90. The third-order valence-corrected chi connectivity index (χ3v) is 3.25. The van der Waals surface area contributed by atoms with Gasteiger partial charge in [0.25, 0.3) is 0 Å². The molecule has 14 heavy (non-hydrogen) atoms. The molecule has 3 nitrogen and oxygen atoms in total. The minimum absolute atomic E-state index is 0.706. The summed E-state index contributed by atoms with van der Waals surface area (Å²) >= 11 is 1.73. The summed E-state index contributed by atoms with van der Waals surface area (Å²) in [6.07, 6.45) is 3.36. The first kappa shape index (κ1) is 11.5. The van der Waals surface area contributed by atoms with E-state index >= 15 is 0 Å². The maximum Gasteiger partial charge on any atom is 0.183 e. The van der Waals surface area contributed by atoms with Crippen LogP contribution in [0.3, 0.4) is 0 Å². The van der Waals surface area contributed by atoms with Gasteiger partial charge >= 0.3 is 0 Å². The van der Waals surface area contributed by atoms with Crippen molar-refractivity contribution in [2.75, 3.05) is 18.4 Å². The molecule has 0 fully saturated rings. The van der Waals surface area contributed by atoms with Crippen LogP contribution in [0.25, 0.3) is 0 Å². The molecule has 1 heterocycles. The Morgan fingerprint density at radius 3 is 2.93 bits per heavy atom. The molecule has 0 saturated carbocycles. The van der Waals surface area contributed by atoms with Crippen molar-refractivity contribution in [1.29, 1.82) is 0 Å². The second-order valence-corrected chi connectivity index (χ2v) is 4.43. The van der Waals surface area contributed by atoms with E-state index < -0.39 is 0 Å². The highest BCUT2D eigenvalue weighted by Gasteiger charge is 2.05. The molecular formula is C10H19N3S. The monoisotopic (exact) mass is 213 g/mol. The molecule has 0 spiro atoms. The maximum absolute atomic E-state index is 5.52. The van der Waals surface area contributed by atoms with Crippen LogP contribution >= 0.6 is 11.3 Å². The summed E-state index contributed by atoms with van der Waals surface area (Å²) in [7, 11) is 0. The molecule has 0 saturated heterocycles. The fraction of sp³-hybridized carbons (Fsp3) is 0.700. The van der Waals surface area contributed by atoms with E-state index in [1.54, 1.807) is 11.3 Å². The molecule has 0 bridgehead atoms. The number of rotatable bonds is 6. The van der Waals surface area contributed by atoms with Crippen LogP contribution in [0.5, 0.6) is 0 Å². The number of nitrogens with zero attached hydrogens (tertiary/aromatic N) is 1. The van der Waals surface area contributed by atoms with Crippen molar-refractivity contribution in [2.24, 2.45) is 5.73 Å². The van der Waals surface area contributed by atoms with Crippen LogP contribution in [-0.4, -0.2) is 18.1 Å². The van der Waals surface area contributed by atoms with Gasteiger partial charge in [-0.3, -0.25) is 0 Å². The van der Waals surface area contributed by atoms with Gasteiger partial charge in [-0.1, -0.05) is 13.3 Å². The van der Waals surface area contributed by atoms with Gasteiger partial charge in [0.05, 0.1) is 5.69 Å². The summed E-state index contributed by atoms with van der Waals surface area (Å²) in [6.45, 7) is 5.96. The average molecular weight is 213 g/mol. The van der Waals surface area contributed by atoms with Crippen molar-refractivity contribution in [3.05, 3.63) is 10.6 Å². The molecule has 0 amide bonds. The van der Waals surface area contributed by atoms with Crippen LogP contribution in [0, 0.1) is 6.92 Å². The maximum atomic E-state index is 5.52. The largest absolute Gasteiger partial charge is 0.362 e. The topological polar surface area (TPSA) is 50.9 Å². The van der Waals surface area contributed by atoms with Crippen molar-refractivity contribution in [3.8, 4) is 0 Å². The molecule has 4 heteroatoms. The smallest absolute Gasteiger partial charge is 0.183 e. The highest BCUT2D eigenvalue weighted by atomic mass is 32.1. The molecule has 1 rings (SSSR count). The lowest BCUT2D eigenvalue weighted by atomic mass is 10.3. The normalized spacial score (nSPS) is 10.5. The molecule has 1 aromatic heterocycles. The first-order chi connectivity index (χ1) is 6.77. The predicted octanol–water partition coefficient (Wildman–Crippen LogP) is 2.16. The molecule has 0 aliphatic heterocycles. The summed E-state index contributed by atoms with van der Waals surface area (Å²) in [5, 5.41) is 4.37. The van der Waals surface area contributed by atoms with Gasteiger partial charge in [0, 0.05) is 11.4 Å². The van der Waals surface area contributed by atoms with E-state index in [-0.39, 0.29) is 0 Å². The van der Waals surface area contributed by atoms with Crippen molar-refractivity contribution >= 4 is 16.5 Å². The van der Waals surface area contributed by atoms with Crippen LogP contribution in [0.4, 0.5) is 5.13 Å². The van der Waals surface area contributed by atoms with Crippen molar-refractivity contribution in [3.63, 3.8) is 0 Å². The molecular weight excluding hydrogens is 194 g/mol. The van der Waals surface area contributed by atoms with E-state index in [1.165, 1.54) is 17.7 Å². The summed E-state index contributed by atoms with van der Waals surface area (Å²) in [5.74, 6) is 0. The molecule has 3 N–H and O–H groups in total. The molecule has 0 radical (unpaired) electrons. The standard InChI is InChI=1S/C10H19N3S/c1-3-4-7-12-10-13-8(2)9(14-10)5-6-11/h3-7,11H2,1-2H3,(H,12,13). The zero-order valence-corrected chi connectivity index (χ0v) is 9.78. The summed E-state index contributed by atoms with van der Waals surface area (Å²) in [6, 6.07) is 0. The second-order valence-electron chi connectivity index (χ2n) is 3.35. The van der Waals surface area contributed by atoms with Crippen LogP contribution < -0.4 is 11.1 Å². The first-order valence-electron chi connectivity index (χ1n) is 5.18. The Balaban J connectivity index is 2.48. The first-order valence-corrected chi connectivity index (χ1v) is 5.99. The Morgan fingerprint density at radius 1 is 1.50 bits per heavy atom. The van der Waals surface area contributed by atoms with Gasteiger partial charge in [-0.25, -0.2) is 4.98 Å². The van der Waals surface area contributed by atoms with E-state index in [0.717, 1.165) is 23.8 Å². The zero-order chi connectivity index (χ0) is 10.4. The van der Waals surface area contributed by atoms with Gasteiger partial charge < -0.3 is 11.1 Å². The highest BCUT2D eigenvalue weighted by Crippen LogP contribution is 2.22. The quantitative estimate of drug-likeness (QED) is 0.712. The fourth-order valence-corrected chi connectivity index (χ4v) is 2.24. The number of aromatic nitrogens is 1. The highest BCUT2D eigenvalue weighted by molar-refractivity contribution is 7.15. The van der Waals surface area contributed by atoms with E-state index in [2.05, 4.69) is 17.2 Å². The van der Waals surface area contributed by atoms with Crippen LogP contribution in [0.15, 0.2) is 0 Å². The van der Waals surface area contributed by atoms with E-state index in [0.29, 0.717) is 6.54 Å². The number of nitrogens with two attached hydrogens (primary N) is 1. The summed E-state index contributed by atoms with van der Waals surface area (Å²) in [5.41, 5.74) is 6.64. The van der Waals surface area contributed by atoms with E-state index in [4.69, 9.17) is 5.73 Å². The molecule has 0 unspecified atom stereocenters. The number of aryl methyl sites for hydroxylation is 1. The summed E-state index contributed by atoms with van der Waals surface area (Å²) in [4.78, 5) is 5.76. The lowest BCUT2D eigenvalue weighted by molar-refractivity contribution is 0.833. The Morgan fingerprint density at radius 2 is 2.29 bits per heavy atom. The lowest BCUT2D eigenvalue weighted by Gasteiger charge is -1.98. The average Bonchev–Trinajstić information content (AvgIpc) is 2.49. The molecule has 80 valence electrons. The Bertz CT molecular complexity index is 270. The van der Waals surface area contributed by atoms with Crippen molar-refractivity contribution in [2.45, 2.75) is 33.1 Å². The number of anilines is 1. The minimum Gasteiger partial charge on any atom is -0.362 e. The SMILES string of the molecule is CCCCNc1nc(C)c(CCN)s1. The predicted molar refractivity (Wildman–Crippen MR) is 63.0 cm³/mol. The van der Waals surface area contributed by atoms with Gasteiger partial charge in [-0.15, -0.1) is 11.3 Å². The van der Waals surface area contributed by atoms with Gasteiger partial charge in [-0.2, -0.15) is 0 Å². The summed E-state index contributed by atoms with van der Waals surface area (Å²) < 4.78 is 0. The van der Waals surface area contributed by atoms with Crippen molar-refractivity contribution in [1.82, 2.24) is 4.98 Å². The second kappa shape index (κ2) is 5.98. The van der Waals surface area contributed by atoms with Gasteiger partial charge in [-0.05, 0) is 26.3 Å². The lowest BCUT2D eigenvalue weighted by Crippen LogP contribution is -2.01. The van der Waals surface area contributed by atoms with E-state index in [9.17, 15) is 0 Å². The third kappa shape index (κ3) is 3.27. The Labute approximate surface area is 89.7 Å². The molecule has 0 atom stereocenters. The molecule has 0 aliphatic rings. The van der Waals surface area contributed by atoms with Crippen LogP contribution in [0.1, 0.15) is 30.3 Å². The number of unbranched alkanes of at least 4 members (excludes halogenated alkanes) is 1. The van der Waals surface area contributed by atoms with Crippen LogP contribution in [-0.2, 0) is 6.42 Å². The van der Waals surface area contributed by atoms with Gasteiger partial charge in [0.1, 0.15) is 0 Å². The number of hydrogen-bond acceptors (Lipinski definition) is 4. The third-order valence-electron chi connectivity index (χ3n) is 2.07. The number of hydrogen-bond donors (Lipinski definition) is 2. The molecule has 0 aromatic carbocycles. The van der Waals surface area contributed by atoms with Gasteiger partial charge in [0.15, 0.2) is 5.13 Å². The number of nitrogens with one attached hydrogen (secondary N) is 1. The number of thiazole rings is 1. The van der Waals surface area contributed by atoms with Crippen molar-refractivity contribution < 1.29 is 0 Å². The Hall–Kier alpha value is -0.610. The molecule has 1 aromatic rings. The van der Waals surface area contributed by atoms with E-state index in [1.807, 2.05) is 6.92 Å². The van der Waals surface area contributed by atoms with Crippen LogP contribution in [0.2, 0.25) is 0 Å². The fourth-order valence-electron chi connectivity index (χ4n) is 1.24.